The lowest BCUT2D eigenvalue weighted by atomic mass is 10.3. The van der Waals surface area contributed by atoms with Gasteiger partial charge in [-0.1, -0.05) is 11.3 Å². The molecule has 1 heterocycles. The summed E-state index contributed by atoms with van der Waals surface area (Å²) in [6, 6.07) is 2.71. The van der Waals surface area contributed by atoms with Crippen LogP contribution in [-0.4, -0.2) is 35.4 Å². The van der Waals surface area contributed by atoms with Crippen molar-refractivity contribution < 1.29 is 9.72 Å². The van der Waals surface area contributed by atoms with Crippen molar-refractivity contribution in [2.75, 3.05) is 13.6 Å². The van der Waals surface area contributed by atoms with E-state index in [1.165, 1.54) is 17.0 Å². The van der Waals surface area contributed by atoms with Gasteiger partial charge in [-0.15, -0.1) is 0 Å². The highest BCUT2D eigenvalue weighted by atomic mass is 32.1. The maximum Gasteiger partial charge on any atom is 0.324 e. The first kappa shape index (κ1) is 12.6. The van der Waals surface area contributed by atoms with E-state index in [4.69, 9.17) is 5.73 Å². The van der Waals surface area contributed by atoms with E-state index < -0.39 is 4.92 Å². The van der Waals surface area contributed by atoms with Crippen LogP contribution >= 0.6 is 11.3 Å². The van der Waals surface area contributed by atoms with Gasteiger partial charge in [-0.3, -0.25) is 14.9 Å². The van der Waals surface area contributed by atoms with Gasteiger partial charge in [-0.25, -0.2) is 0 Å². The van der Waals surface area contributed by atoms with Crippen LogP contribution in [0, 0.1) is 10.1 Å². The Labute approximate surface area is 96.8 Å². The van der Waals surface area contributed by atoms with Crippen molar-refractivity contribution in [3.05, 3.63) is 27.1 Å². The standard InChI is InChI=1S/C9H13N3O3S/c1-6(5-10)11(2)9(13)7-3-4-8(16-7)12(14)15/h3-4,6H,5,10H2,1-2H3. The summed E-state index contributed by atoms with van der Waals surface area (Å²) in [5.41, 5.74) is 5.44. The summed E-state index contributed by atoms with van der Waals surface area (Å²) in [6.45, 7) is 2.18. The van der Waals surface area contributed by atoms with Crippen LogP contribution in [0.25, 0.3) is 0 Å². The quantitative estimate of drug-likeness (QED) is 0.632. The number of nitrogens with two attached hydrogens (primary N) is 1. The minimum Gasteiger partial charge on any atom is -0.337 e. The molecule has 0 saturated carbocycles. The Hall–Kier alpha value is -1.47. The molecule has 0 radical (unpaired) electrons. The zero-order valence-corrected chi connectivity index (χ0v) is 9.86. The minimum atomic E-state index is -0.506. The fourth-order valence-electron chi connectivity index (χ4n) is 1.07. The summed E-state index contributed by atoms with van der Waals surface area (Å²) < 4.78 is 0. The number of thiophene rings is 1. The number of likely N-dealkylation sites (N-methyl/N-ethyl adjacent to an activating group) is 1. The SMILES string of the molecule is CC(CN)N(C)C(=O)c1ccc([N+](=O)[O-])s1. The molecule has 88 valence electrons. The van der Waals surface area contributed by atoms with E-state index in [2.05, 4.69) is 0 Å². The zero-order chi connectivity index (χ0) is 12.3. The lowest BCUT2D eigenvalue weighted by Crippen LogP contribution is -2.39. The zero-order valence-electron chi connectivity index (χ0n) is 9.04. The number of rotatable bonds is 4. The molecule has 0 spiro atoms. The molecule has 0 aliphatic carbocycles. The summed E-state index contributed by atoms with van der Waals surface area (Å²) in [5.74, 6) is -0.240. The third-order valence-electron chi connectivity index (χ3n) is 2.31. The Morgan fingerprint density at radius 3 is 2.75 bits per heavy atom. The van der Waals surface area contributed by atoms with Crippen LogP contribution in [0.1, 0.15) is 16.6 Å². The second-order valence-electron chi connectivity index (χ2n) is 3.40. The molecule has 0 saturated heterocycles. The van der Waals surface area contributed by atoms with Crippen LogP contribution in [0.5, 0.6) is 0 Å². The number of amides is 1. The molecule has 0 aliphatic rings. The lowest BCUT2D eigenvalue weighted by Gasteiger charge is -2.22. The van der Waals surface area contributed by atoms with Gasteiger partial charge in [0, 0.05) is 25.7 Å². The molecule has 2 N–H and O–H groups in total. The number of nitrogens with zero attached hydrogens (tertiary/aromatic N) is 2. The highest BCUT2D eigenvalue weighted by molar-refractivity contribution is 7.17. The topological polar surface area (TPSA) is 89.5 Å². The highest BCUT2D eigenvalue weighted by Gasteiger charge is 2.20. The number of hydrogen-bond acceptors (Lipinski definition) is 5. The monoisotopic (exact) mass is 243 g/mol. The second kappa shape index (κ2) is 5.04. The molecule has 1 aromatic rings. The first-order chi connectivity index (χ1) is 7.47. The molecule has 1 unspecified atom stereocenters. The number of hydrogen-bond donors (Lipinski definition) is 1. The molecule has 1 rings (SSSR count). The van der Waals surface area contributed by atoms with Gasteiger partial charge >= 0.3 is 5.00 Å². The molecule has 0 fully saturated rings. The summed E-state index contributed by atoms with van der Waals surface area (Å²) in [4.78, 5) is 23.6. The van der Waals surface area contributed by atoms with Gasteiger partial charge in [0.25, 0.3) is 5.91 Å². The van der Waals surface area contributed by atoms with E-state index in [1.54, 1.807) is 7.05 Å². The normalized spacial score (nSPS) is 12.2. The summed E-state index contributed by atoms with van der Waals surface area (Å²) in [7, 11) is 1.63. The van der Waals surface area contributed by atoms with E-state index in [-0.39, 0.29) is 17.0 Å². The molecule has 1 aromatic heterocycles. The van der Waals surface area contributed by atoms with Crippen LogP contribution in [0.4, 0.5) is 5.00 Å². The predicted molar refractivity (Wildman–Crippen MR) is 61.6 cm³/mol. The minimum absolute atomic E-state index is 0.0304. The second-order valence-corrected chi connectivity index (χ2v) is 4.46. The Bertz CT molecular complexity index is 404. The van der Waals surface area contributed by atoms with Gasteiger partial charge in [-0.2, -0.15) is 0 Å². The van der Waals surface area contributed by atoms with Gasteiger partial charge in [0.2, 0.25) is 0 Å². The molecule has 0 aliphatic heterocycles. The van der Waals surface area contributed by atoms with Crippen molar-refractivity contribution in [1.82, 2.24) is 4.90 Å². The average molecular weight is 243 g/mol. The van der Waals surface area contributed by atoms with Crippen LogP contribution in [0.2, 0.25) is 0 Å². The van der Waals surface area contributed by atoms with Gasteiger partial charge in [0.05, 0.1) is 9.80 Å². The van der Waals surface area contributed by atoms with Crippen molar-refractivity contribution in [2.45, 2.75) is 13.0 Å². The molecule has 7 heteroatoms. The first-order valence-electron chi connectivity index (χ1n) is 4.68. The van der Waals surface area contributed by atoms with Gasteiger partial charge < -0.3 is 10.6 Å². The number of nitro groups is 1. The summed E-state index contributed by atoms with van der Waals surface area (Å²) in [6.07, 6.45) is 0. The summed E-state index contributed by atoms with van der Waals surface area (Å²) >= 11 is 0.874. The molecule has 1 amide bonds. The van der Waals surface area contributed by atoms with E-state index in [9.17, 15) is 14.9 Å². The van der Waals surface area contributed by atoms with Gasteiger partial charge in [-0.05, 0) is 13.0 Å². The number of carbonyl (C=O) groups excluding carboxylic acids is 1. The predicted octanol–water partition coefficient (Wildman–Crippen LogP) is 1.08. The van der Waals surface area contributed by atoms with Crippen molar-refractivity contribution in [1.29, 1.82) is 0 Å². The molecule has 0 bridgehead atoms. The molecular weight excluding hydrogens is 230 g/mol. The molecule has 0 aromatic carbocycles. The third-order valence-corrected chi connectivity index (χ3v) is 3.33. The maximum absolute atomic E-state index is 11.8. The third kappa shape index (κ3) is 2.56. The van der Waals surface area contributed by atoms with E-state index in [0.29, 0.717) is 11.4 Å². The van der Waals surface area contributed by atoms with Gasteiger partial charge in [0.1, 0.15) is 0 Å². The highest BCUT2D eigenvalue weighted by Crippen LogP contribution is 2.25. The van der Waals surface area contributed by atoms with Crippen LogP contribution in [0.3, 0.4) is 0 Å². The Kier molecular flexibility index (Phi) is 3.97. The fraction of sp³-hybridized carbons (Fsp3) is 0.444. The van der Waals surface area contributed by atoms with Crippen LogP contribution in [-0.2, 0) is 0 Å². The Morgan fingerprint density at radius 2 is 2.31 bits per heavy atom. The van der Waals surface area contributed by atoms with Crippen LogP contribution < -0.4 is 5.73 Å². The van der Waals surface area contributed by atoms with Crippen molar-refractivity contribution in [3.63, 3.8) is 0 Å². The smallest absolute Gasteiger partial charge is 0.324 e. The van der Waals surface area contributed by atoms with E-state index in [1.807, 2.05) is 6.92 Å². The lowest BCUT2D eigenvalue weighted by molar-refractivity contribution is -0.380. The van der Waals surface area contributed by atoms with E-state index in [0.717, 1.165) is 11.3 Å². The van der Waals surface area contributed by atoms with Gasteiger partial charge in [0.15, 0.2) is 0 Å². The average Bonchev–Trinajstić information content (AvgIpc) is 2.75. The molecule has 16 heavy (non-hydrogen) atoms. The van der Waals surface area contributed by atoms with Crippen molar-refractivity contribution in [3.8, 4) is 0 Å². The first-order valence-corrected chi connectivity index (χ1v) is 5.50. The summed E-state index contributed by atoms with van der Waals surface area (Å²) in [5, 5.41) is 10.4. The number of carbonyl (C=O) groups is 1. The Morgan fingerprint density at radius 1 is 1.69 bits per heavy atom. The van der Waals surface area contributed by atoms with Crippen LogP contribution in [0.15, 0.2) is 12.1 Å². The molecule has 1 atom stereocenters. The fourth-order valence-corrected chi connectivity index (χ4v) is 1.88. The largest absolute Gasteiger partial charge is 0.337 e. The molecule has 6 nitrogen and oxygen atoms in total. The maximum atomic E-state index is 11.8. The van der Waals surface area contributed by atoms with E-state index >= 15 is 0 Å². The van der Waals surface area contributed by atoms with Crippen molar-refractivity contribution >= 4 is 22.2 Å². The van der Waals surface area contributed by atoms with Crippen molar-refractivity contribution in [2.24, 2.45) is 5.73 Å². The molecular formula is C9H13N3O3S. The Balaban J connectivity index is 2.84.